The van der Waals surface area contributed by atoms with Gasteiger partial charge in [0, 0.05) is 0 Å². The molecule has 140 valence electrons. The molecule has 5 unspecified atom stereocenters. The number of fused-ring (bicyclic) bond motifs is 2. The molecule has 3 rings (SSSR count). The lowest BCUT2D eigenvalue weighted by Gasteiger charge is -2.27. The quantitative estimate of drug-likeness (QED) is 0.615. The Bertz CT molecular complexity index is 729. The third kappa shape index (κ3) is 3.73. The molecule has 4 nitrogen and oxygen atoms in total. The minimum absolute atomic E-state index is 0.114. The van der Waals surface area contributed by atoms with Crippen molar-refractivity contribution in [2.45, 2.75) is 25.1 Å². The summed E-state index contributed by atoms with van der Waals surface area (Å²) in [6, 6.07) is 3.00. The van der Waals surface area contributed by atoms with Gasteiger partial charge >= 0.3 is 12.1 Å². The zero-order valence-electron chi connectivity index (χ0n) is 13.5. The van der Waals surface area contributed by atoms with Crippen molar-refractivity contribution in [3.63, 3.8) is 0 Å². The van der Waals surface area contributed by atoms with Gasteiger partial charge in [-0.25, -0.2) is 4.39 Å². The van der Waals surface area contributed by atoms with E-state index in [9.17, 15) is 32.3 Å². The van der Waals surface area contributed by atoms with E-state index in [1.165, 1.54) is 12.1 Å². The highest BCUT2D eigenvalue weighted by atomic mass is 19.4. The van der Waals surface area contributed by atoms with E-state index < -0.39 is 48.2 Å². The van der Waals surface area contributed by atoms with Gasteiger partial charge in [0.25, 0.3) is 0 Å². The average Bonchev–Trinajstić information content (AvgIpc) is 3.14. The molecule has 2 aliphatic rings. The van der Waals surface area contributed by atoms with Crippen LogP contribution in [0.3, 0.4) is 0 Å². The number of halogens is 4. The Morgan fingerprint density at radius 2 is 1.69 bits per heavy atom. The molecule has 2 aliphatic carbocycles. The third-order valence-corrected chi connectivity index (χ3v) is 5.07. The minimum atomic E-state index is -4.55. The van der Waals surface area contributed by atoms with E-state index in [2.05, 4.69) is 5.32 Å². The Labute approximate surface area is 146 Å². The van der Waals surface area contributed by atoms with E-state index in [1.54, 1.807) is 12.2 Å². The van der Waals surface area contributed by atoms with Gasteiger partial charge in [0.2, 0.25) is 5.91 Å². The first-order valence-corrected chi connectivity index (χ1v) is 8.19. The molecule has 2 bridgehead atoms. The first-order chi connectivity index (χ1) is 12.2. The van der Waals surface area contributed by atoms with Crippen LogP contribution in [-0.2, 0) is 9.59 Å². The summed E-state index contributed by atoms with van der Waals surface area (Å²) in [7, 11) is 0. The predicted molar refractivity (Wildman–Crippen MR) is 83.3 cm³/mol. The van der Waals surface area contributed by atoms with Gasteiger partial charge in [-0.05, 0) is 36.0 Å². The fourth-order valence-electron chi connectivity index (χ4n) is 3.96. The van der Waals surface area contributed by atoms with Crippen molar-refractivity contribution in [1.82, 2.24) is 5.32 Å². The number of hydrogen-bond donors (Lipinski definition) is 2. The number of carbonyl (C=O) groups is 2. The lowest BCUT2D eigenvalue weighted by Crippen LogP contribution is -2.42. The monoisotopic (exact) mass is 371 g/mol. The summed E-state index contributed by atoms with van der Waals surface area (Å²) in [5.74, 6) is -4.86. The smallest absolute Gasteiger partial charge is 0.391 e. The molecule has 0 aliphatic heterocycles. The number of carboxylic acid groups (broad SMARTS) is 1. The van der Waals surface area contributed by atoms with Gasteiger partial charge in [0.15, 0.2) is 0 Å². The van der Waals surface area contributed by atoms with Gasteiger partial charge in [-0.15, -0.1) is 0 Å². The number of alkyl halides is 3. The van der Waals surface area contributed by atoms with Gasteiger partial charge in [-0.3, -0.25) is 9.59 Å². The van der Waals surface area contributed by atoms with Gasteiger partial charge in [0.05, 0.1) is 24.3 Å². The van der Waals surface area contributed by atoms with Crippen molar-refractivity contribution in [3.05, 3.63) is 47.8 Å². The molecule has 1 aromatic rings. The number of allylic oxidation sites excluding steroid dienone is 2. The minimum Gasteiger partial charge on any atom is -0.481 e. The Hall–Kier alpha value is -2.38. The maximum atomic E-state index is 13.1. The maximum Gasteiger partial charge on any atom is 0.391 e. The number of carbonyl (C=O) groups excluding carboxylic acids is 1. The first kappa shape index (κ1) is 18.4. The molecule has 0 aromatic heterocycles. The van der Waals surface area contributed by atoms with E-state index in [1.807, 2.05) is 0 Å². The molecule has 0 spiro atoms. The predicted octanol–water partition coefficient (Wildman–Crippen LogP) is 3.46. The molecule has 1 amide bonds. The van der Waals surface area contributed by atoms with Crippen LogP contribution in [0.25, 0.3) is 0 Å². The summed E-state index contributed by atoms with van der Waals surface area (Å²) < 4.78 is 51.8. The van der Waals surface area contributed by atoms with E-state index in [4.69, 9.17) is 0 Å². The molecule has 26 heavy (non-hydrogen) atoms. The Morgan fingerprint density at radius 3 is 2.23 bits per heavy atom. The summed E-state index contributed by atoms with van der Waals surface area (Å²) in [4.78, 5) is 24.1. The SMILES string of the molecule is O=C(O)C1C2C=CC(C2)C1C(=O)NC(CC(F)(F)F)c1ccc(F)cc1. The zero-order chi connectivity index (χ0) is 19.1. The van der Waals surface area contributed by atoms with Crippen molar-refractivity contribution in [1.29, 1.82) is 0 Å². The van der Waals surface area contributed by atoms with Crippen LogP contribution in [0.4, 0.5) is 17.6 Å². The van der Waals surface area contributed by atoms with Crippen LogP contribution in [0.15, 0.2) is 36.4 Å². The summed E-state index contributed by atoms with van der Waals surface area (Å²) in [5, 5.41) is 11.7. The molecule has 0 radical (unpaired) electrons. The zero-order valence-corrected chi connectivity index (χ0v) is 13.5. The number of nitrogens with one attached hydrogen (secondary N) is 1. The van der Waals surface area contributed by atoms with Crippen LogP contribution in [-0.4, -0.2) is 23.2 Å². The number of hydrogen-bond acceptors (Lipinski definition) is 2. The van der Waals surface area contributed by atoms with Crippen LogP contribution < -0.4 is 5.32 Å². The molecule has 1 aromatic carbocycles. The first-order valence-electron chi connectivity index (χ1n) is 8.19. The number of rotatable bonds is 5. The van der Waals surface area contributed by atoms with Gasteiger partial charge in [-0.2, -0.15) is 13.2 Å². The van der Waals surface area contributed by atoms with Gasteiger partial charge in [0.1, 0.15) is 5.82 Å². The molecule has 2 N–H and O–H groups in total. The van der Waals surface area contributed by atoms with E-state index >= 15 is 0 Å². The molecular formula is C18H17F4NO3. The number of aliphatic carboxylic acids is 1. The Kier molecular flexibility index (Phi) is 4.77. The van der Waals surface area contributed by atoms with E-state index in [-0.39, 0.29) is 17.4 Å². The fourth-order valence-corrected chi connectivity index (χ4v) is 3.96. The Morgan fingerprint density at radius 1 is 1.12 bits per heavy atom. The van der Waals surface area contributed by atoms with Crippen LogP contribution in [0.1, 0.15) is 24.4 Å². The summed E-state index contributed by atoms with van der Waals surface area (Å²) in [5.41, 5.74) is 0.114. The molecule has 5 atom stereocenters. The summed E-state index contributed by atoms with van der Waals surface area (Å²) in [6.07, 6.45) is -1.85. The van der Waals surface area contributed by atoms with Crippen LogP contribution in [0, 0.1) is 29.5 Å². The molecular weight excluding hydrogens is 354 g/mol. The second-order valence-electron chi connectivity index (χ2n) is 6.77. The number of carboxylic acids is 1. The lowest BCUT2D eigenvalue weighted by atomic mass is 9.82. The van der Waals surface area contributed by atoms with Gasteiger partial charge < -0.3 is 10.4 Å². The van der Waals surface area contributed by atoms with Crippen LogP contribution in [0.5, 0.6) is 0 Å². The molecule has 1 fully saturated rings. The maximum absolute atomic E-state index is 13.1. The van der Waals surface area contributed by atoms with Crippen molar-refractivity contribution in [3.8, 4) is 0 Å². The highest BCUT2D eigenvalue weighted by molar-refractivity contribution is 5.87. The molecule has 8 heteroatoms. The lowest BCUT2D eigenvalue weighted by molar-refractivity contribution is -0.150. The van der Waals surface area contributed by atoms with Crippen molar-refractivity contribution >= 4 is 11.9 Å². The summed E-state index contributed by atoms with van der Waals surface area (Å²) >= 11 is 0. The highest BCUT2D eigenvalue weighted by Crippen LogP contribution is 2.48. The molecule has 1 saturated carbocycles. The topological polar surface area (TPSA) is 66.4 Å². The number of benzene rings is 1. The Balaban J connectivity index is 1.82. The fraction of sp³-hybridized carbons (Fsp3) is 0.444. The average molecular weight is 371 g/mol. The second-order valence-corrected chi connectivity index (χ2v) is 6.77. The van der Waals surface area contributed by atoms with Gasteiger partial charge in [-0.1, -0.05) is 24.3 Å². The van der Waals surface area contributed by atoms with Crippen LogP contribution >= 0.6 is 0 Å². The van der Waals surface area contributed by atoms with Crippen molar-refractivity contribution in [2.24, 2.45) is 23.7 Å². The van der Waals surface area contributed by atoms with E-state index in [0.29, 0.717) is 6.42 Å². The second kappa shape index (κ2) is 6.74. The van der Waals surface area contributed by atoms with Crippen molar-refractivity contribution in [2.75, 3.05) is 0 Å². The van der Waals surface area contributed by atoms with E-state index in [0.717, 1.165) is 12.1 Å². The van der Waals surface area contributed by atoms with Crippen molar-refractivity contribution < 1.29 is 32.3 Å². The normalized spacial score (nSPS) is 28.2. The third-order valence-electron chi connectivity index (χ3n) is 5.07. The largest absolute Gasteiger partial charge is 0.481 e. The molecule has 0 heterocycles. The summed E-state index contributed by atoms with van der Waals surface area (Å²) in [6.45, 7) is 0. The number of amides is 1. The van der Waals surface area contributed by atoms with Crippen LogP contribution in [0.2, 0.25) is 0 Å². The standard InChI is InChI=1S/C18H17F4NO3/c19-12-5-3-9(4-6-12)13(8-18(20,21)22)23-16(24)14-10-1-2-11(7-10)15(14)17(25)26/h1-6,10-11,13-15H,7-8H2,(H,23,24)(H,25,26). The molecule has 0 saturated heterocycles. The highest BCUT2D eigenvalue weighted by Gasteiger charge is 2.52.